The van der Waals surface area contributed by atoms with Crippen LogP contribution in [0.25, 0.3) is 0 Å². The molecule has 0 saturated heterocycles. The van der Waals surface area contributed by atoms with E-state index in [-0.39, 0.29) is 24.3 Å². The third kappa shape index (κ3) is 8.19. The van der Waals surface area contributed by atoms with Gasteiger partial charge in [-0.25, -0.2) is 8.42 Å². The summed E-state index contributed by atoms with van der Waals surface area (Å²) in [6, 6.07) is 13.7. The lowest BCUT2D eigenvalue weighted by atomic mass is 9.87. The number of sulfonamides is 1. The molecular weight excluding hydrogens is 424 g/mol. The lowest BCUT2D eigenvalue weighted by molar-refractivity contribution is -0.121. The van der Waals surface area contributed by atoms with Crippen LogP contribution in [0.1, 0.15) is 50.3 Å². The smallest absolute Gasteiger partial charge is 0.232 e. The summed E-state index contributed by atoms with van der Waals surface area (Å²) in [5.41, 5.74) is 3.97. The summed E-state index contributed by atoms with van der Waals surface area (Å²) in [5.74, 6) is 0.648. The molecule has 0 unspecified atom stereocenters. The van der Waals surface area contributed by atoms with Gasteiger partial charge in [-0.1, -0.05) is 39.0 Å². The van der Waals surface area contributed by atoms with Crippen LogP contribution in [0.2, 0.25) is 0 Å². The fourth-order valence-corrected chi connectivity index (χ4v) is 4.41. The number of nitrogens with zero attached hydrogens (tertiary/aromatic N) is 1. The Morgan fingerprint density at radius 3 is 2.16 bits per heavy atom. The fraction of sp³-hybridized carbons (Fsp3) is 0.480. The highest BCUT2D eigenvalue weighted by Crippen LogP contribution is 2.24. The first kappa shape index (κ1) is 25.7. The Bertz CT molecular complexity index is 989. The molecule has 0 aromatic heterocycles. The van der Waals surface area contributed by atoms with E-state index in [0.717, 1.165) is 16.9 Å². The van der Waals surface area contributed by atoms with E-state index in [1.54, 1.807) is 0 Å². The van der Waals surface area contributed by atoms with Gasteiger partial charge in [0.05, 0.1) is 18.5 Å². The highest BCUT2D eigenvalue weighted by molar-refractivity contribution is 7.92. The van der Waals surface area contributed by atoms with Gasteiger partial charge in [-0.15, -0.1) is 0 Å². The summed E-state index contributed by atoms with van der Waals surface area (Å²) in [6.45, 7) is 11.4. The van der Waals surface area contributed by atoms with Crippen LogP contribution in [0.3, 0.4) is 0 Å². The van der Waals surface area contributed by atoms with Crippen LogP contribution < -0.4 is 14.4 Å². The van der Waals surface area contributed by atoms with Gasteiger partial charge in [0.1, 0.15) is 12.4 Å². The van der Waals surface area contributed by atoms with E-state index in [1.165, 1.54) is 16.1 Å². The highest BCUT2D eigenvalue weighted by atomic mass is 32.2. The maximum Gasteiger partial charge on any atom is 0.232 e. The second kappa shape index (κ2) is 10.9. The SMILES string of the molecule is Cc1cc(C)cc(N(CCCC(=O)NCCOc2ccc(C(C)(C)C)cc2)S(C)(=O)=O)c1. The predicted molar refractivity (Wildman–Crippen MR) is 131 cm³/mol. The summed E-state index contributed by atoms with van der Waals surface area (Å²) in [5, 5.41) is 2.83. The van der Waals surface area contributed by atoms with E-state index < -0.39 is 10.0 Å². The van der Waals surface area contributed by atoms with Gasteiger partial charge in [0.2, 0.25) is 15.9 Å². The Kier molecular flexibility index (Phi) is 8.73. The summed E-state index contributed by atoms with van der Waals surface area (Å²) in [6.07, 6.45) is 1.87. The van der Waals surface area contributed by atoms with Gasteiger partial charge in [0.15, 0.2) is 0 Å². The molecule has 2 aromatic carbocycles. The number of rotatable bonds is 10. The third-order valence-electron chi connectivity index (χ3n) is 5.07. The lowest BCUT2D eigenvalue weighted by Gasteiger charge is -2.23. The standard InChI is InChI=1S/C25H36N2O4S/c1-19-16-20(2)18-22(17-19)27(32(6,29)30)14-7-8-24(28)26-13-15-31-23-11-9-21(10-12-23)25(3,4)5/h9-12,16-18H,7-8,13-15H2,1-6H3,(H,26,28). The van der Waals surface area contributed by atoms with E-state index in [2.05, 4.69) is 38.2 Å². The predicted octanol–water partition coefficient (Wildman–Crippen LogP) is 4.34. The molecule has 0 aliphatic rings. The first-order valence-electron chi connectivity index (χ1n) is 10.9. The van der Waals surface area contributed by atoms with Gasteiger partial charge >= 0.3 is 0 Å². The van der Waals surface area contributed by atoms with E-state index in [9.17, 15) is 13.2 Å². The Hall–Kier alpha value is -2.54. The number of anilines is 1. The zero-order valence-electron chi connectivity index (χ0n) is 20.1. The van der Waals surface area contributed by atoms with Crippen LogP contribution in [0.5, 0.6) is 5.75 Å². The summed E-state index contributed by atoms with van der Waals surface area (Å²) >= 11 is 0. The van der Waals surface area contributed by atoms with Crippen molar-refractivity contribution in [2.45, 2.75) is 52.9 Å². The van der Waals surface area contributed by atoms with Gasteiger partial charge in [-0.2, -0.15) is 0 Å². The van der Waals surface area contributed by atoms with E-state index in [4.69, 9.17) is 4.74 Å². The molecule has 0 radical (unpaired) electrons. The molecule has 0 bridgehead atoms. The zero-order valence-corrected chi connectivity index (χ0v) is 20.9. The molecule has 2 rings (SSSR count). The second-order valence-electron chi connectivity index (χ2n) is 9.26. The van der Waals surface area contributed by atoms with Crippen molar-refractivity contribution in [3.63, 3.8) is 0 Å². The van der Waals surface area contributed by atoms with Crippen molar-refractivity contribution in [2.24, 2.45) is 0 Å². The quantitative estimate of drug-likeness (QED) is 0.535. The number of hydrogen-bond acceptors (Lipinski definition) is 4. The summed E-state index contributed by atoms with van der Waals surface area (Å²) < 4.78 is 31.6. The maximum atomic E-state index is 12.3. The van der Waals surface area contributed by atoms with Crippen LogP contribution in [-0.4, -0.2) is 40.3 Å². The number of carbonyl (C=O) groups excluding carboxylic acids is 1. The molecule has 6 nitrogen and oxygen atoms in total. The van der Waals surface area contributed by atoms with Gasteiger partial charge in [0.25, 0.3) is 0 Å². The van der Waals surface area contributed by atoms with Crippen molar-refractivity contribution >= 4 is 21.6 Å². The van der Waals surface area contributed by atoms with Crippen LogP contribution in [0.15, 0.2) is 42.5 Å². The van der Waals surface area contributed by atoms with Crippen molar-refractivity contribution < 1.29 is 17.9 Å². The molecular formula is C25H36N2O4S. The molecule has 0 atom stereocenters. The molecule has 0 spiro atoms. The molecule has 1 amide bonds. The van der Waals surface area contributed by atoms with Crippen LogP contribution >= 0.6 is 0 Å². The Labute approximate surface area is 193 Å². The van der Waals surface area contributed by atoms with Gasteiger partial charge in [-0.3, -0.25) is 9.10 Å². The van der Waals surface area contributed by atoms with Gasteiger partial charge < -0.3 is 10.1 Å². The van der Waals surface area contributed by atoms with Crippen molar-refractivity contribution in [1.82, 2.24) is 5.32 Å². The third-order valence-corrected chi connectivity index (χ3v) is 6.27. The van der Waals surface area contributed by atoms with E-state index >= 15 is 0 Å². The average molecular weight is 461 g/mol. The monoisotopic (exact) mass is 460 g/mol. The minimum Gasteiger partial charge on any atom is -0.492 e. The molecule has 0 aliphatic heterocycles. The van der Waals surface area contributed by atoms with E-state index in [1.807, 2.05) is 44.2 Å². The number of aryl methyl sites for hydroxylation is 2. The summed E-state index contributed by atoms with van der Waals surface area (Å²) in [4.78, 5) is 12.2. The molecule has 176 valence electrons. The Balaban J connectivity index is 1.77. The van der Waals surface area contributed by atoms with E-state index in [0.29, 0.717) is 25.3 Å². The second-order valence-corrected chi connectivity index (χ2v) is 11.2. The van der Waals surface area contributed by atoms with Crippen molar-refractivity contribution in [3.8, 4) is 5.75 Å². The summed E-state index contributed by atoms with van der Waals surface area (Å²) in [7, 11) is -3.43. The first-order chi connectivity index (χ1) is 14.9. The first-order valence-corrected chi connectivity index (χ1v) is 12.8. The molecule has 2 aromatic rings. The van der Waals surface area contributed by atoms with Crippen molar-refractivity contribution in [1.29, 1.82) is 0 Å². The number of amides is 1. The average Bonchev–Trinajstić information content (AvgIpc) is 2.66. The zero-order chi connectivity index (χ0) is 23.9. The van der Waals surface area contributed by atoms with Gasteiger partial charge in [0, 0.05) is 13.0 Å². The van der Waals surface area contributed by atoms with Crippen LogP contribution in [0, 0.1) is 13.8 Å². The molecule has 0 aliphatic carbocycles. The topological polar surface area (TPSA) is 75.7 Å². The number of hydrogen-bond donors (Lipinski definition) is 1. The number of nitrogens with one attached hydrogen (secondary N) is 1. The Morgan fingerprint density at radius 1 is 1.03 bits per heavy atom. The Morgan fingerprint density at radius 2 is 1.62 bits per heavy atom. The normalized spacial score (nSPS) is 11.8. The molecule has 1 N–H and O–H groups in total. The maximum absolute atomic E-state index is 12.3. The van der Waals surface area contributed by atoms with Crippen molar-refractivity contribution in [2.75, 3.05) is 30.3 Å². The number of benzene rings is 2. The number of ether oxygens (including phenoxy) is 1. The molecule has 0 heterocycles. The van der Waals surface area contributed by atoms with Crippen LogP contribution in [0.4, 0.5) is 5.69 Å². The lowest BCUT2D eigenvalue weighted by Crippen LogP contribution is -2.33. The molecule has 0 fully saturated rings. The van der Waals surface area contributed by atoms with Gasteiger partial charge in [-0.05, 0) is 66.6 Å². The fourth-order valence-electron chi connectivity index (χ4n) is 3.46. The highest BCUT2D eigenvalue weighted by Gasteiger charge is 2.18. The van der Waals surface area contributed by atoms with Crippen LogP contribution in [-0.2, 0) is 20.2 Å². The molecule has 0 saturated carbocycles. The molecule has 7 heteroatoms. The largest absolute Gasteiger partial charge is 0.492 e. The molecule has 32 heavy (non-hydrogen) atoms. The minimum atomic E-state index is -3.43. The minimum absolute atomic E-state index is 0.0946. The number of carbonyl (C=O) groups is 1. The van der Waals surface area contributed by atoms with Crippen molar-refractivity contribution in [3.05, 3.63) is 59.2 Å².